The Balaban J connectivity index is 1.70. The number of hydrogen-bond donors (Lipinski definition) is 1. The fourth-order valence-electron chi connectivity index (χ4n) is 4.02. The van der Waals surface area contributed by atoms with Gasteiger partial charge in [-0.15, -0.1) is 0 Å². The van der Waals surface area contributed by atoms with Gasteiger partial charge < -0.3 is 19.7 Å². The number of carbonyl (C=O) groups is 2. The highest BCUT2D eigenvalue weighted by atomic mass is 16.5. The summed E-state index contributed by atoms with van der Waals surface area (Å²) in [7, 11) is 3.21. The van der Waals surface area contributed by atoms with Crippen LogP contribution >= 0.6 is 0 Å². The van der Waals surface area contributed by atoms with Crippen molar-refractivity contribution in [2.75, 3.05) is 26.1 Å². The monoisotopic (exact) mass is 404 g/mol. The van der Waals surface area contributed by atoms with Gasteiger partial charge in [0, 0.05) is 25.4 Å². The molecule has 1 aromatic heterocycles. The summed E-state index contributed by atoms with van der Waals surface area (Å²) in [6.45, 7) is 4.85. The van der Waals surface area contributed by atoms with E-state index >= 15 is 0 Å². The van der Waals surface area contributed by atoms with Gasteiger partial charge in [-0.2, -0.15) is 5.10 Å². The van der Waals surface area contributed by atoms with Crippen LogP contribution in [-0.2, 0) is 25.6 Å². The summed E-state index contributed by atoms with van der Waals surface area (Å²) in [5.41, 5.74) is -0.359. The summed E-state index contributed by atoms with van der Waals surface area (Å²) >= 11 is 0. The lowest BCUT2D eigenvalue weighted by atomic mass is 9.97. The molecule has 1 aliphatic heterocycles. The van der Waals surface area contributed by atoms with E-state index in [1.807, 2.05) is 20.0 Å². The van der Waals surface area contributed by atoms with Crippen molar-refractivity contribution < 1.29 is 19.1 Å². The predicted molar refractivity (Wildman–Crippen MR) is 109 cm³/mol. The summed E-state index contributed by atoms with van der Waals surface area (Å²) in [6.07, 6.45) is 8.54. The second-order valence-electron chi connectivity index (χ2n) is 8.53. The first-order chi connectivity index (χ1) is 13.8. The van der Waals surface area contributed by atoms with Gasteiger partial charge in [0.2, 0.25) is 5.91 Å². The van der Waals surface area contributed by atoms with Crippen LogP contribution in [0.5, 0.6) is 0 Å². The van der Waals surface area contributed by atoms with Gasteiger partial charge in [0.25, 0.3) is 5.91 Å². The van der Waals surface area contributed by atoms with E-state index < -0.39 is 6.04 Å². The Morgan fingerprint density at radius 3 is 2.69 bits per heavy atom. The number of aromatic nitrogens is 2. The number of hydrogen-bond acceptors (Lipinski definition) is 5. The Morgan fingerprint density at radius 1 is 1.34 bits per heavy atom. The molecule has 8 heteroatoms. The molecule has 0 aromatic carbocycles. The van der Waals surface area contributed by atoms with Gasteiger partial charge in [-0.25, -0.2) is 0 Å². The van der Waals surface area contributed by atoms with Crippen LogP contribution < -0.4 is 5.32 Å². The predicted octanol–water partition coefficient (Wildman–Crippen LogP) is 2.57. The topological polar surface area (TPSA) is 85.7 Å². The molecule has 1 aromatic rings. The van der Waals surface area contributed by atoms with Crippen molar-refractivity contribution >= 4 is 17.6 Å². The Kier molecular flexibility index (Phi) is 6.62. The Morgan fingerprint density at radius 2 is 2.07 bits per heavy atom. The molecule has 1 aliphatic carbocycles. The summed E-state index contributed by atoms with van der Waals surface area (Å²) < 4.78 is 12.4. The molecule has 2 aliphatic rings. The average molecular weight is 405 g/mol. The number of methoxy groups -OCH3 is 2. The first-order valence-corrected chi connectivity index (χ1v) is 10.3. The number of amides is 2. The molecule has 29 heavy (non-hydrogen) atoms. The maximum absolute atomic E-state index is 13.1. The summed E-state index contributed by atoms with van der Waals surface area (Å²) in [4.78, 5) is 27.2. The first-order valence-electron chi connectivity index (χ1n) is 10.3. The molecule has 160 valence electrons. The molecule has 0 spiro atoms. The minimum Gasteiger partial charge on any atom is -0.499 e. The molecule has 1 unspecified atom stereocenters. The molecular weight excluding hydrogens is 372 g/mol. The molecule has 0 saturated heterocycles. The largest absolute Gasteiger partial charge is 0.499 e. The molecule has 1 N–H and O–H groups in total. The normalized spacial score (nSPS) is 18.8. The third-order valence-corrected chi connectivity index (χ3v) is 5.85. The maximum atomic E-state index is 13.1. The number of nitrogens with one attached hydrogen (secondary N) is 1. The van der Waals surface area contributed by atoms with Crippen LogP contribution in [0.1, 0.15) is 46.0 Å². The van der Waals surface area contributed by atoms with E-state index in [0.29, 0.717) is 37.0 Å². The van der Waals surface area contributed by atoms with Crippen molar-refractivity contribution in [3.63, 3.8) is 0 Å². The molecule has 1 saturated carbocycles. The Bertz CT molecular complexity index is 764. The average Bonchev–Trinajstić information content (AvgIpc) is 3.41. The zero-order chi connectivity index (χ0) is 21.0. The quantitative estimate of drug-likeness (QED) is 0.684. The molecular formula is C21H32N4O4. The van der Waals surface area contributed by atoms with Crippen molar-refractivity contribution in [2.45, 2.75) is 64.1 Å². The second kappa shape index (κ2) is 8.98. The van der Waals surface area contributed by atoms with Crippen molar-refractivity contribution in [3.05, 3.63) is 24.1 Å². The number of ether oxygens (including phenoxy) is 2. The summed E-state index contributed by atoms with van der Waals surface area (Å²) in [5, 5.41) is 7.34. The SMILES string of the molecule is COC1=CC(=O)N(C(CC2CCCC2)C(=O)Nc2ccn(CC(C)(C)OC)n2)C1. The van der Waals surface area contributed by atoms with Gasteiger partial charge >= 0.3 is 0 Å². The van der Waals surface area contributed by atoms with E-state index in [1.165, 1.54) is 18.9 Å². The van der Waals surface area contributed by atoms with Crippen molar-refractivity contribution in [2.24, 2.45) is 5.92 Å². The van der Waals surface area contributed by atoms with Crippen molar-refractivity contribution in [1.82, 2.24) is 14.7 Å². The van der Waals surface area contributed by atoms with Crippen molar-refractivity contribution in [1.29, 1.82) is 0 Å². The van der Waals surface area contributed by atoms with Gasteiger partial charge in [0.1, 0.15) is 11.8 Å². The number of nitrogens with zero attached hydrogens (tertiary/aromatic N) is 3. The van der Waals surface area contributed by atoms with E-state index in [-0.39, 0.29) is 17.4 Å². The fraction of sp³-hybridized carbons (Fsp3) is 0.667. The molecule has 0 bridgehead atoms. The van der Waals surface area contributed by atoms with Crippen LogP contribution in [0.4, 0.5) is 5.82 Å². The molecule has 2 amide bonds. The van der Waals surface area contributed by atoms with Gasteiger partial charge in [-0.05, 0) is 26.2 Å². The molecule has 1 atom stereocenters. The van der Waals surface area contributed by atoms with E-state index in [9.17, 15) is 9.59 Å². The zero-order valence-corrected chi connectivity index (χ0v) is 17.8. The van der Waals surface area contributed by atoms with Gasteiger partial charge in [0.15, 0.2) is 5.82 Å². The molecule has 0 radical (unpaired) electrons. The smallest absolute Gasteiger partial charge is 0.251 e. The number of rotatable bonds is 9. The van der Waals surface area contributed by atoms with Gasteiger partial charge in [0.05, 0.1) is 25.8 Å². The molecule has 3 rings (SSSR count). The maximum Gasteiger partial charge on any atom is 0.251 e. The van der Waals surface area contributed by atoms with E-state index in [4.69, 9.17) is 9.47 Å². The van der Waals surface area contributed by atoms with Gasteiger partial charge in [-0.1, -0.05) is 25.7 Å². The van der Waals surface area contributed by atoms with E-state index in [2.05, 4.69) is 10.4 Å². The standard InChI is InChI=1S/C21H32N4O4/c1-21(2,29-4)14-24-10-9-18(23-24)22-20(27)17(11-15-7-5-6-8-15)25-13-16(28-3)12-19(25)26/h9-10,12,15,17H,5-8,11,13-14H2,1-4H3,(H,22,23,27). The van der Waals surface area contributed by atoms with Crippen LogP contribution in [0.3, 0.4) is 0 Å². The van der Waals surface area contributed by atoms with Crippen LogP contribution in [-0.4, -0.2) is 58.9 Å². The molecule has 8 nitrogen and oxygen atoms in total. The number of anilines is 1. The Labute approximate surface area is 172 Å². The van der Waals surface area contributed by atoms with Crippen molar-refractivity contribution in [3.8, 4) is 0 Å². The third-order valence-electron chi connectivity index (χ3n) is 5.85. The second-order valence-corrected chi connectivity index (χ2v) is 8.53. The Hall–Kier alpha value is -2.35. The van der Waals surface area contributed by atoms with Crippen LogP contribution in [0.25, 0.3) is 0 Å². The summed E-state index contributed by atoms with van der Waals surface area (Å²) in [6, 6.07) is 1.23. The van der Waals surface area contributed by atoms with Crippen LogP contribution in [0.2, 0.25) is 0 Å². The zero-order valence-electron chi connectivity index (χ0n) is 17.8. The highest BCUT2D eigenvalue weighted by Crippen LogP contribution is 2.31. The lowest BCUT2D eigenvalue weighted by molar-refractivity contribution is -0.134. The first kappa shape index (κ1) is 21.4. The summed E-state index contributed by atoms with van der Waals surface area (Å²) in [5.74, 6) is 1.15. The lowest BCUT2D eigenvalue weighted by Crippen LogP contribution is -2.46. The fourth-order valence-corrected chi connectivity index (χ4v) is 4.02. The van der Waals surface area contributed by atoms with Crippen LogP contribution in [0.15, 0.2) is 24.1 Å². The third kappa shape index (κ3) is 5.38. The molecule has 2 heterocycles. The number of carbonyl (C=O) groups excluding carboxylic acids is 2. The molecule has 1 fully saturated rings. The van der Waals surface area contributed by atoms with Crippen LogP contribution in [0, 0.1) is 5.92 Å². The lowest BCUT2D eigenvalue weighted by Gasteiger charge is -2.28. The minimum absolute atomic E-state index is 0.174. The highest BCUT2D eigenvalue weighted by molar-refractivity contribution is 5.99. The van der Waals surface area contributed by atoms with E-state index in [0.717, 1.165) is 12.8 Å². The highest BCUT2D eigenvalue weighted by Gasteiger charge is 2.36. The van der Waals surface area contributed by atoms with Gasteiger partial charge in [-0.3, -0.25) is 14.3 Å². The van der Waals surface area contributed by atoms with E-state index in [1.54, 1.807) is 29.9 Å². The minimum atomic E-state index is -0.532.